The van der Waals surface area contributed by atoms with Crippen molar-refractivity contribution in [3.63, 3.8) is 0 Å². The molecule has 1 unspecified atom stereocenters. The molecule has 0 aromatic heterocycles. The van der Waals surface area contributed by atoms with Gasteiger partial charge in [0.2, 0.25) is 0 Å². The van der Waals surface area contributed by atoms with Crippen LogP contribution in [-0.4, -0.2) is 22.7 Å². The Morgan fingerprint density at radius 1 is 1.08 bits per heavy atom. The van der Waals surface area contributed by atoms with Gasteiger partial charge in [0.1, 0.15) is 5.75 Å². The van der Waals surface area contributed by atoms with Gasteiger partial charge in [-0.2, -0.15) is 0 Å². The molecule has 0 spiro atoms. The first-order chi connectivity index (χ1) is 11.4. The summed E-state index contributed by atoms with van der Waals surface area (Å²) in [4.78, 5) is 24.5. The Kier molecular flexibility index (Phi) is 5.24. The number of carbonyl (C=O) groups is 2. The van der Waals surface area contributed by atoms with E-state index < -0.39 is 17.6 Å². The number of carboxylic acid groups (broad SMARTS) is 1. The van der Waals surface area contributed by atoms with E-state index in [1.165, 1.54) is 0 Å². The summed E-state index contributed by atoms with van der Waals surface area (Å²) in [6.45, 7) is 5.38. The van der Waals surface area contributed by atoms with Crippen LogP contribution < -0.4 is 10.1 Å². The SMILES string of the molecule is CCC(NC(=O)c1cccc(C)c1C)(Oc1ccccc1)C(=O)O. The van der Waals surface area contributed by atoms with E-state index in [1.54, 1.807) is 49.4 Å². The Labute approximate surface area is 141 Å². The average molecular weight is 327 g/mol. The molecule has 5 heteroatoms. The number of benzene rings is 2. The number of rotatable bonds is 6. The second-order valence-corrected chi connectivity index (χ2v) is 5.60. The number of hydrogen-bond acceptors (Lipinski definition) is 3. The van der Waals surface area contributed by atoms with E-state index in [0.717, 1.165) is 11.1 Å². The quantitative estimate of drug-likeness (QED) is 0.798. The Morgan fingerprint density at radius 2 is 1.75 bits per heavy atom. The topological polar surface area (TPSA) is 75.6 Å². The molecule has 2 aromatic rings. The van der Waals surface area contributed by atoms with E-state index >= 15 is 0 Å². The summed E-state index contributed by atoms with van der Waals surface area (Å²) >= 11 is 0. The van der Waals surface area contributed by atoms with Crippen LogP contribution in [0.5, 0.6) is 5.75 Å². The van der Waals surface area contributed by atoms with Crippen molar-refractivity contribution in [1.29, 1.82) is 0 Å². The molecule has 1 atom stereocenters. The monoisotopic (exact) mass is 327 g/mol. The van der Waals surface area contributed by atoms with E-state index in [1.807, 2.05) is 19.9 Å². The maximum atomic E-state index is 12.6. The van der Waals surface area contributed by atoms with Crippen molar-refractivity contribution in [2.45, 2.75) is 32.9 Å². The number of hydrogen-bond donors (Lipinski definition) is 2. The van der Waals surface area contributed by atoms with Gasteiger partial charge < -0.3 is 15.2 Å². The van der Waals surface area contributed by atoms with Crippen LogP contribution in [-0.2, 0) is 4.79 Å². The van der Waals surface area contributed by atoms with Gasteiger partial charge >= 0.3 is 5.97 Å². The van der Waals surface area contributed by atoms with Gasteiger partial charge in [-0.3, -0.25) is 4.79 Å². The van der Waals surface area contributed by atoms with Crippen LogP contribution in [0, 0.1) is 13.8 Å². The lowest BCUT2D eigenvalue weighted by molar-refractivity contribution is -0.158. The summed E-state index contributed by atoms with van der Waals surface area (Å²) in [5, 5.41) is 12.2. The van der Waals surface area contributed by atoms with Gasteiger partial charge in [0.05, 0.1) is 0 Å². The molecule has 0 aliphatic carbocycles. The molecule has 0 heterocycles. The zero-order valence-electron chi connectivity index (χ0n) is 14.0. The second kappa shape index (κ2) is 7.17. The molecular weight excluding hydrogens is 306 g/mol. The molecule has 0 saturated heterocycles. The van der Waals surface area contributed by atoms with Crippen LogP contribution in [0.15, 0.2) is 48.5 Å². The minimum Gasteiger partial charge on any atom is -0.477 e. The highest BCUT2D eigenvalue weighted by atomic mass is 16.5. The highest BCUT2D eigenvalue weighted by Crippen LogP contribution is 2.21. The predicted molar refractivity (Wildman–Crippen MR) is 91.1 cm³/mol. The summed E-state index contributed by atoms with van der Waals surface area (Å²) in [7, 11) is 0. The van der Waals surface area contributed by atoms with Gasteiger partial charge in [-0.25, -0.2) is 4.79 Å². The number of aryl methyl sites for hydroxylation is 1. The highest BCUT2D eigenvalue weighted by molar-refractivity contribution is 5.98. The van der Waals surface area contributed by atoms with Crippen molar-refractivity contribution in [3.05, 3.63) is 65.2 Å². The second-order valence-electron chi connectivity index (χ2n) is 5.60. The maximum absolute atomic E-state index is 12.6. The van der Waals surface area contributed by atoms with Crippen LogP contribution in [0.3, 0.4) is 0 Å². The third-order valence-electron chi connectivity index (χ3n) is 4.04. The molecule has 0 fully saturated rings. The Morgan fingerprint density at radius 3 is 2.33 bits per heavy atom. The fourth-order valence-electron chi connectivity index (χ4n) is 2.37. The Bertz CT molecular complexity index is 742. The smallest absolute Gasteiger partial charge is 0.370 e. The number of para-hydroxylation sites is 1. The Hall–Kier alpha value is -2.82. The molecule has 24 heavy (non-hydrogen) atoms. The molecule has 0 radical (unpaired) electrons. The first kappa shape index (κ1) is 17.5. The largest absolute Gasteiger partial charge is 0.477 e. The zero-order chi connectivity index (χ0) is 17.7. The number of ether oxygens (including phenoxy) is 1. The number of amides is 1. The lowest BCUT2D eigenvalue weighted by Gasteiger charge is -2.30. The van der Waals surface area contributed by atoms with E-state index in [0.29, 0.717) is 11.3 Å². The maximum Gasteiger partial charge on any atom is 0.370 e. The van der Waals surface area contributed by atoms with E-state index in [2.05, 4.69) is 5.32 Å². The first-order valence-corrected chi connectivity index (χ1v) is 7.76. The molecule has 2 N–H and O–H groups in total. The van der Waals surface area contributed by atoms with Crippen LogP contribution in [0.2, 0.25) is 0 Å². The van der Waals surface area contributed by atoms with Crippen molar-refractivity contribution in [3.8, 4) is 5.75 Å². The molecule has 0 bridgehead atoms. The predicted octanol–water partition coefficient (Wildman–Crippen LogP) is 3.30. The minimum absolute atomic E-state index is 0.0772. The number of carbonyl (C=O) groups excluding carboxylic acids is 1. The van der Waals surface area contributed by atoms with E-state index in [4.69, 9.17) is 4.74 Å². The summed E-state index contributed by atoms with van der Waals surface area (Å²) in [6, 6.07) is 13.9. The summed E-state index contributed by atoms with van der Waals surface area (Å²) < 4.78 is 5.64. The van der Waals surface area contributed by atoms with E-state index in [9.17, 15) is 14.7 Å². The van der Waals surface area contributed by atoms with Crippen LogP contribution in [0.4, 0.5) is 0 Å². The zero-order valence-corrected chi connectivity index (χ0v) is 14.0. The molecule has 2 aromatic carbocycles. The van der Waals surface area contributed by atoms with Crippen LogP contribution in [0.1, 0.15) is 34.8 Å². The minimum atomic E-state index is -1.82. The van der Waals surface area contributed by atoms with Gasteiger partial charge in [0.15, 0.2) is 0 Å². The van der Waals surface area contributed by atoms with Gasteiger partial charge in [-0.1, -0.05) is 37.3 Å². The number of aliphatic carboxylic acids is 1. The lowest BCUT2D eigenvalue weighted by Crippen LogP contribution is -2.58. The normalized spacial score (nSPS) is 13.0. The van der Waals surface area contributed by atoms with Crippen molar-refractivity contribution in [1.82, 2.24) is 5.32 Å². The average Bonchev–Trinajstić information content (AvgIpc) is 2.57. The summed E-state index contributed by atoms with van der Waals surface area (Å²) in [5.74, 6) is -1.34. The van der Waals surface area contributed by atoms with Crippen molar-refractivity contribution >= 4 is 11.9 Å². The fourth-order valence-corrected chi connectivity index (χ4v) is 2.37. The molecule has 0 saturated carbocycles. The van der Waals surface area contributed by atoms with Gasteiger partial charge in [-0.05, 0) is 43.2 Å². The summed E-state index contributed by atoms with van der Waals surface area (Å²) in [6.07, 6.45) is 0.0772. The Balaban J connectivity index is 2.33. The standard InChI is InChI=1S/C19H21NO4/c1-4-19(18(22)23,24-15-10-6-5-7-11-15)20-17(21)16-12-8-9-13(2)14(16)3/h5-12H,4H2,1-3H3,(H,20,21)(H,22,23). The van der Waals surface area contributed by atoms with Crippen LogP contribution in [0.25, 0.3) is 0 Å². The molecule has 1 amide bonds. The third kappa shape index (κ3) is 3.56. The first-order valence-electron chi connectivity index (χ1n) is 7.76. The lowest BCUT2D eigenvalue weighted by atomic mass is 10.0. The highest BCUT2D eigenvalue weighted by Gasteiger charge is 2.41. The van der Waals surface area contributed by atoms with Crippen molar-refractivity contribution < 1.29 is 19.4 Å². The third-order valence-corrected chi connectivity index (χ3v) is 4.04. The molecule has 126 valence electrons. The van der Waals surface area contributed by atoms with E-state index in [-0.39, 0.29) is 6.42 Å². The molecule has 0 aliphatic heterocycles. The van der Waals surface area contributed by atoms with Crippen LogP contribution >= 0.6 is 0 Å². The fraction of sp³-hybridized carbons (Fsp3) is 0.263. The molecule has 0 aliphatic rings. The summed E-state index contributed by atoms with van der Waals surface area (Å²) in [5.41, 5.74) is 0.383. The molecular formula is C19H21NO4. The van der Waals surface area contributed by atoms with Gasteiger partial charge in [0.25, 0.3) is 11.6 Å². The van der Waals surface area contributed by atoms with Gasteiger partial charge in [0, 0.05) is 12.0 Å². The van der Waals surface area contributed by atoms with Crippen molar-refractivity contribution in [2.24, 2.45) is 0 Å². The van der Waals surface area contributed by atoms with Gasteiger partial charge in [-0.15, -0.1) is 0 Å². The van der Waals surface area contributed by atoms with Crippen molar-refractivity contribution in [2.75, 3.05) is 0 Å². The molecule has 5 nitrogen and oxygen atoms in total. The molecule has 2 rings (SSSR count). The number of nitrogens with one attached hydrogen (secondary N) is 1. The number of carboxylic acids is 1.